The highest BCUT2D eigenvalue weighted by Crippen LogP contribution is 2.23. The van der Waals surface area contributed by atoms with Crippen LogP contribution in [0.1, 0.15) is 12.0 Å². The van der Waals surface area contributed by atoms with Crippen LogP contribution in [0.2, 0.25) is 0 Å². The third-order valence-corrected chi connectivity index (χ3v) is 2.55. The molecule has 0 aromatic heterocycles. The number of carbonyl (C=O) groups excluding carboxylic acids is 2. The summed E-state index contributed by atoms with van der Waals surface area (Å²) in [5.41, 5.74) is 2.07. The second kappa shape index (κ2) is 4.91. The minimum atomic E-state index is -0.560. The van der Waals surface area contributed by atoms with Crippen LogP contribution in [0.4, 0.5) is 5.69 Å². The Kier molecular flexibility index (Phi) is 3.32. The lowest BCUT2D eigenvalue weighted by Crippen LogP contribution is -2.09. The largest absolute Gasteiger partial charge is 0.465 e. The van der Waals surface area contributed by atoms with Gasteiger partial charge in [-0.3, -0.25) is 4.79 Å². The van der Waals surface area contributed by atoms with Gasteiger partial charge in [0.15, 0.2) is 0 Å². The summed E-state index contributed by atoms with van der Waals surface area (Å²) in [7, 11) is 1.27. The lowest BCUT2D eigenvalue weighted by molar-refractivity contribution is -0.138. The van der Waals surface area contributed by atoms with Crippen LogP contribution >= 0.6 is 0 Å². The van der Waals surface area contributed by atoms with Crippen LogP contribution in [0, 0.1) is 6.92 Å². The molecule has 18 heavy (non-hydrogen) atoms. The molecule has 2 rings (SSSR count). The molecule has 1 heterocycles. The molecule has 1 N–H and O–H groups in total. The highest BCUT2D eigenvalue weighted by atomic mass is 16.6. The summed E-state index contributed by atoms with van der Waals surface area (Å²) in [5.74, 6) is -0.879. The number of benzene rings is 1. The van der Waals surface area contributed by atoms with E-state index in [1.54, 1.807) is 0 Å². The second-order valence-electron chi connectivity index (χ2n) is 3.94. The molecule has 5 nitrogen and oxygen atoms in total. The monoisotopic (exact) mass is 247 g/mol. The third kappa shape index (κ3) is 2.51. The van der Waals surface area contributed by atoms with E-state index < -0.39 is 11.9 Å². The molecule has 0 amide bonds. The molecule has 1 aromatic rings. The van der Waals surface area contributed by atoms with Gasteiger partial charge in [-0.05, 0) is 19.1 Å². The van der Waals surface area contributed by atoms with Crippen LogP contribution in [-0.2, 0) is 19.1 Å². The predicted molar refractivity (Wildman–Crippen MR) is 64.6 cm³/mol. The van der Waals surface area contributed by atoms with Crippen LogP contribution in [0.3, 0.4) is 0 Å². The first-order chi connectivity index (χ1) is 8.60. The molecule has 0 atom stereocenters. The van der Waals surface area contributed by atoms with E-state index in [0.29, 0.717) is 0 Å². The van der Waals surface area contributed by atoms with Gasteiger partial charge < -0.3 is 14.8 Å². The quantitative estimate of drug-likeness (QED) is 0.824. The molecule has 0 bridgehead atoms. The van der Waals surface area contributed by atoms with Gasteiger partial charge in [0.1, 0.15) is 5.57 Å². The standard InChI is InChI=1S/C13H13NO4/c1-8-3-5-9(6-4-8)14-12-10(13(16)17-2)7-11(15)18-12/h3-6,14H,7H2,1-2H3. The molecule has 0 aliphatic carbocycles. The van der Waals surface area contributed by atoms with Crippen molar-refractivity contribution in [1.82, 2.24) is 0 Å². The summed E-state index contributed by atoms with van der Waals surface area (Å²) in [6.45, 7) is 1.97. The van der Waals surface area contributed by atoms with E-state index in [-0.39, 0.29) is 17.9 Å². The fourth-order valence-corrected chi connectivity index (χ4v) is 1.59. The Bertz CT molecular complexity index is 516. The first-order valence-electron chi connectivity index (χ1n) is 5.46. The van der Waals surface area contributed by atoms with Gasteiger partial charge in [-0.25, -0.2) is 4.79 Å². The van der Waals surface area contributed by atoms with Crippen molar-refractivity contribution in [2.75, 3.05) is 12.4 Å². The molecular formula is C13H13NO4. The van der Waals surface area contributed by atoms with Crippen molar-refractivity contribution >= 4 is 17.6 Å². The van der Waals surface area contributed by atoms with E-state index in [2.05, 4.69) is 10.1 Å². The number of ether oxygens (including phenoxy) is 2. The summed E-state index contributed by atoms with van der Waals surface area (Å²) in [6.07, 6.45) is -0.0686. The Morgan fingerprint density at radius 1 is 1.33 bits per heavy atom. The molecule has 0 fully saturated rings. The second-order valence-corrected chi connectivity index (χ2v) is 3.94. The van der Waals surface area contributed by atoms with Crippen LogP contribution < -0.4 is 5.32 Å². The number of hydrogen-bond acceptors (Lipinski definition) is 5. The van der Waals surface area contributed by atoms with E-state index in [0.717, 1.165) is 11.3 Å². The van der Waals surface area contributed by atoms with Crippen molar-refractivity contribution in [2.45, 2.75) is 13.3 Å². The highest BCUT2D eigenvalue weighted by Gasteiger charge is 2.29. The number of methoxy groups -OCH3 is 1. The van der Waals surface area contributed by atoms with Gasteiger partial charge in [-0.1, -0.05) is 17.7 Å². The summed E-state index contributed by atoms with van der Waals surface area (Å²) in [5, 5.41) is 2.90. The van der Waals surface area contributed by atoms with Crippen LogP contribution in [0.15, 0.2) is 35.7 Å². The summed E-state index contributed by atoms with van der Waals surface area (Å²) in [4.78, 5) is 22.7. The lowest BCUT2D eigenvalue weighted by Gasteiger charge is -2.08. The fourth-order valence-electron chi connectivity index (χ4n) is 1.59. The molecule has 1 aromatic carbocycles. The van der Waals surface area contributed by atoms with Crippen molar-refractivity contribution in [3.05, 3.63) is 41.3 Å². The number of anilines is 1. The Balaban J connectivity index is 2.22. The molecule has 1 aliphatic heterocycles. The number of hydrogen-bond donors (Lipinski definition) is 1. The summed E-state index contributed by atoms with van der Waals surface area (Å²) < 4.78 is 9.56. The number of aryl methyl sites for hydroxylation is 1. The number of esters is 2. The van der Waals surface area contributed by atoms with Crippen molar-refractivity contribution in [3.63, 3.8) is 0 Å². The third-order valence-electron chi connectivity index (χ3n) is 2.55. The Labute approximate surface area is 104 Å². The Hall–Kier alpha value is -2.30. The number of cyclic esters (lactones) is 1. The lowest BCUT2D eigenvalue weighted by atomic mass is 10.2. The van der Waals surface area contributed by atoms with Gasteiger partial charge in [0.2, 0.25) is 5.88 Å². The maximum absolute atomic E-state index is 11.5. The molecule has 0 saturated heterocycles. The zero-order chi connectivity index (χ0) is 13.1. The van der Waals surface area contributed by atoms with E-state index in [4.69, 9.17) is 4.74 Å². The Morgan fingerprint density at radius 2 is 2.00 bits per heavy atom. The minimum absolute atomic E-state index is 0.0686. The molecule has 0 saturated carbocycles. The molecular weight excluding hydrogens is 234 g/mol. The summed E-state index contributed by atoms with van der Waals surface area (Å²) in [6, 6.07) is 7.50. The van der Waals surface area contributed by atoms with Crippen LogP contribution in [0.25, 0.3) is 0 Å². The smallest absolute Gasteiger partial charge is 0.339 e. The van der Waals surface area contributed by atoms with Gasteiger partial charge in [-0.15, -0.1) is 0 Å². The minimum Gasteiger partial charge on any atom is -0.465 e. The van der Waals surface area contributed by atoms with Crippen molar-refractivity contribution in [3.8, 4) is 0 Å². The average Bonchev–Trinajstić information content (AvgIpc) is 2.72. The maximum Gasteiger partial charge on any atom is 0.339 e. The maximum atomic E-state index is 11.5. The van der Waals surface area contributed by atoms with E-state index >= 15 is 0 Å². The average molecular weight is 247 g/mol. The zero-order valence-electron chi connectivity index (χ0n) is 10.1. The first-order valence-corrected chi connectivity index (χ1v) is 5.46. The SMILES string of the molecule is COC(=O)C1=C(Nc2ccc(C)cc2)OC(=O)C1. The van der Waals surface area contributed by atoms with Gasteiger partial charge in [0, 0.05) is 5.69 Å². The van der Waals surface area contributed by atoms with E-state index in [1.807, 2.05) is 31.2 Å². The summed E-state index contributed by atoms with van der Waals surface area (Å²) >= 11 is 0. The fraction of sp³-hybridized carbons (Fsp3) is 0.231. The van der Waals surface area contributed by atoms with E-state index in [1.165, 1.54) is 7.11 Å². The molecule has 0 spiro atoms. The first kappa shape index (κ1) is 12.2. The van der Waals surface area contributed by atoms with Crippen molar-refractivity contribution < 1.29 is 19.1 Å². The van der Waals surface area contributed by atoms with E-state index in [9.17, 15) is 9.59 Å². The molecule has 0 radical (unpaired) electrons. The van der Waals surface area contributed by atoms with Crippen LogP contribution in [0.5, 0.6) is 0 Å². The van der Waals surface area contributed by atoms with Crippen LogP contribution in [-0.4, -0.2) is 19.0 Å². The van der Waals surface area contributed by atoms with Crippen molar-refractivity contribution in [2.24, 2.45) is 0 Å². The topological polar surface area (TPSA) is 64.6 Å². The number of nitrogens with one attached hydrogen (secondary N) is 1. The molecule has 1 aliphatic rings. The number of rotatable bonds is 3. The normalized spacial score (nSPS) is 14.4. The molecule has 0 unspecified atom stereocenters. The molecule has 94 valence electrons. The zero-order valence-corrected chi connectivity index (χ0v) is 10.1. The molecule has 5 heteroatoms. The van der Waals surface area contributed by atoms with Gasteiger partial charge >= 0.3 is 11.9 Å². The predicted octanol–water partition coefficient (Wildman–Crippen LogP) is 1.74. The van der Waals surface area contributed by atoms with Gasteiger partial charge in [0.05, 0.1) is 13.5 Å². The van der Waals surface area contributed by atoms with Gasteiger partial charge in [0.25, 0.3) is 0 Å². The Morgan fingerprint density at radius 3 is 2.61 bits per heavy atom. The van der Waals surface area contributed by atoms with Crippen molar-refractivity contribution in [1.29, 1.82) is 0 Å². The van der Waals surface area contributed by atoms with Gasteiger partial charge in [-0.2, -0.15) is 0 Å². The number of carbonyl (C=O) groups is 2. The highest BCUT2D eigenvalue weighted by molar-refractivity contribution is 5.97.